The van der Waals surface area contributed by atoms with Crippen molar-refractivity contribution in [3.05, 3.63) is 24.2 Å². The van der Waals surface area contributed by atoms with E-state index in [-0.39, 0.29) is 11.9 Å². The molecule has 2 rings (SSSR count). The minimum atomic E-state index is -0.784. The highest BCUT2D eigenvalue weighted by atomic mass is 16.5. The van der Waals surface area contributed by atoms with Crippen LogP contribution in [-0.4, -0.2) is 24.0 Å². The molecule has 1 aromatic heterocycles. The van der Waals surface area contributed by atoms with Crippen LogP contribution in [0.1, 0.15) is 43.0 Å². The quantitative estimate of drug-likeness (QED) is 0.830. The number of rotatable bonds is 4. The minimum absolute atomic E-state index is 0.229. The molecule has 1 N–H and O–H groups in total. The summed E-state index contributed by atoms with van der Waals surface area (Å²) < 4.78 is 9.84. The number of ether oxygens (including phenoxy) is 1. The second-order valence-electron chi connectivity index (χ2n) is 4.55. The number of hydrogen-bond acceptors (Lipinski definition) is 4. The lowest BCUT2D eigenvalue weighted by Crippen LogP contribution is -2.40. The highest BCUT2D eigenvalue weighted by Crippen LogP contribution is 2.17. The Morgan fingerprint density at radius 1 is 1.44 bits per heavy atom. The van der Waals surface area contributed by atoms with Gasteiger partial charge in [0.05, 0.1) is 11.8 Å². The zero-order valence-electron chi connectivity index (χ0n) is 10.3. The van der Waals surface area contributed by atoms with Crippen molar-refractivity contribution in [2.24, 2.45) is 0 Å². The molecule has 5 nitrogen and oxygen atoms in total. The highest BCUT2D eigenvalue weighted by Gasteiger charge is 2.23. The molecule has 1 aromatic rings. The number of amides is 1. The molecule has 1 amide bonds. The van der Waals surface area contributed by atoms with Gasteiger partial charge in [-0.25, -0.2) is 4.79 Å². The fourth-order valence-corrected chi connectivity index (χ4v) is 2.05. The fourth-order valence-electron chi connectivity index (χ4n) is 2.05. The van der Waals surface area contributed by atoms with Gasteiger partial charge in [0.15, 0.2) is 6.10 Å². The van der Waals surface area contributed by atoms with Crippen molar-refractivity contribution in [3.8, 4) is 0 Å². The van der Waals surface area contributed by atoms with Gasteiger partial charge < -0.3 is 14.5 Å². The minimum Gasteiger partial charge on any atom is -0.472 e. The van der Waals surface area contributed by atoms with Crippen molar-refractivity contribution in [1.29, 1.82) is 0 Å². The lowest BCUT2D eigenvalue weighted by atomic mass is 10.2. The predicted molar refractivity (Wildman–Crippen MR) is 64.0 cm³/mol. The van der Waals surface area contributed by atoms with E-state index in [9.17, 15) is 9.59 Å². The van der Waals surface area contributed by atoms with Crippen LogP contribution in [0.4, 0.5) is 0 Å². The number of furan rings is 1. The Balaban J connectivity index is 1.81. The van der Waals surface area contributed by atoms with Crippen molar-refractivity contribution in [1.82, 2.24) is 5.32 Å². The summed E-state index contributed by atoms with van der Waals surface area (Å²) in [5, 5.41) is 2.89. The third-order valence-electron chi connectivity index (χ3n) is 3.11. The van der Waals surface area contributed by atoms with Crippen molar-refractivity contribution in [2.45, 2.75) is 44.8 Å². The Morgan fingerprint density at radius 3 is 2.78 bits per heavy atom. The average Bonchev–Trinajstić information content (AvgIpc) is 3.01. The van der Waals surface area contributed by atoms with Gasteiger partial charge in [-0.1, -0.05) is 12.8 Å². The van der Waals surface area contributed by atoms with Crippen molar-refractivity contribution in [3.63, 3.8) is 0 Å². The molecule has 0 aromatic carbocycles. The number of nitrogens with one attached hydrogen (secondary N) is 1. The first kappa shape index (κ1) is 12.7. The normalized spacial score (nSPS) is 17.4. The molecule has 1 saturated carbocycles. The molecule has 0 aliphatic heterocycles. The van der Waals surface area contributed by atoms with E-state index in [4.69, 9.17) is 9.15 Å². The first-order chi connectivity index (χ1) is 8.66. The lowest BCUT2D eigenvalue weighted by molar-refractivity contribution is -0.129. The lowest BCUT2D eigenvalue weighted by Gasteiger charge is -2.16. The smallest absolute Gasteiger partial charge is 0.342 e. The molecule has 0 spiro atoms. The molecule has 0 unspecified atom stereocenters. The number of hydrogen-bond donors (Lipinski definition) is 1. The molecule has 0 radical (unpaired) electrons. The molecule has 1 atom stereocenters. The Labute approximate surface area is 105 Å². The van der Waals surface area contributed by atoms with Crippen LogP contribution in [-0.2, 0) is 9.53 Å². The van der Waals surface area contributed by atoms with Gasteiger partial charge in [0, 0.05) is 6.04 Å². The van der Waals surface area contributed by atoms with Crippen LogP contribution in [0.3, 0.4) is 0 Å². The Hall–Kier alpha value is -1.78. The summed E-state index contributed by atoms with van der Waals surface area (Å²) in [5.74, 6) is -0.781. The maximum atomic E-state index is 11.8. The van der Waals surface area contributed by atoms with Gasteiger partial charge in [0.25, 0.3) is 5.91 Å². The van der Waals surface area contributed by atoms with E-state index in [0.717, 1.165) is 25.7 Å². The predicted octanol–water partition coefficient (Wildman–Crippen LogP) is 1.88. The van der Waals surface area contributed by atoms with Gasteiger partial charge in [0.2, 0.25) is 0 Å². The zero-order valence-corrected chi connectivity index (χ0v) is 10.3. The van der Waals surface area contributed by atoms with E-state index in [1.807, 2.05) is 0 Å². The maximum absolute atomic E-state index is 11.8. The standard InChI is InChI=1S/C13H17NO4/c1-9(12(15)14-11-4-2-3-5-11)18-13(16)10-6-7-17-8-10/h6-9,11H,2-5H2,1H3,(H,14,15)/t9-/m1/s1. The maximum Gasteiger partial charge on any atom is 0.342 e. The molecule has 1 aliphatic rings. The third-order valence-corrected chi connectivity index (χ3v) is 3.11. The van der Waals surface area contributed by atoms with Crippen LogP contribution >= 0.6 is 0 Å². The van der Waals surface area contributed by atoms with Crippen LogP contribution in [0.25, 0.3) is 0 Å². The first-order valence-corrected chi connectivity index (χ1v) is 6.20. The summed E-state index contributed by atoms with van der Waals surface area (Å²) in [6.45, 7) is 1.57. The van der Waals surface area contributed by atoms with E-state index in [2.05, 4.69) is 5.32 Å². The molecule has 98 valence electrons. The summed E-state index contributed by atoms with van der Waals surface area (Å²) in [4.78, 5) is 23.4. The molecule has 0 saturated heterocycles. The van der Waals surface area contributed by atoms with E-state index in [1.54, 1.807) is 6.92 Å². The zero-order chi connectivity index (χ0) is 13.0. The largest absolute Gasteiger partial charge is 0.472 e. The topological polar surface area (TPSA) is 68.5 Å². The molecular formula is C13H17NO4. The van der Waals surface area contributed by atoms with Crippen LogP contribution in [0.5, 0.6) is 0 Å². The van der Waals surface area contributed by atoms with E-state index in [0.29, 0.717) is 5.56 Å². The van der Waals surface area contributed by atoms with E-state index in [1.165, 1.54) is 18.6 Å². The van der Waals surface area contributed by atoms with Crippen molar-refractivity contribution in [2.75, 3.05) is 0 Å². The van der Waals surface area contributed by atoms with E-state index < -0.39 is 12.1 Å². The van der Waals surface area contributed by atoms with Crippen LogP contribution in [0.15, 0.2) is 23.0 Å². The molecule has 18 heavy (non-hydrogen) atoms. The van der Waals surface area contributed by atoms with Gasteiger partial charge in [-0.05, 0) is 25.8 Å². The first-order valence-electron chi connectivity index (χ1n) is 6.20. The van der Waals surface area contributed by atoms with Gasteiger partial charge in [-0.3, -0.25) is 4.79 Å². The summed E-state index contributed by atoms with van der Waals surface area (Å²) in [5.41, 5.74) is 0.315. The Morgan fingerprint density at radius 2 is 2.17 bits per heavy atom. The van der Waals surface area contributed by atoms with Crippen LogP contribution < -0.4 is 5.32 Å². The second kappa shape index (κ2) is 5.71. The number of carbonyl (C=O) groups is 2. The highest BCUT2D eigenvalue weighted by molar-refractivity contribution is 5.91. The molecule has 1 aliphatic carbocycles. The van der Waals surface area contributed by atoms with Gasteiger partial charge in [0.1, 0.15) is 6.26 Å². The SMILES string of the molecule is C[C@@H](OC(=O)c1ccoc1)C(=O)NC1CCCC1. The molecule has 1 heterocycles. The fraction of sp³-hybridized carbons (Fsp3) is 0.538. The monoisotopic (exact) mass is 251 g/mol. The van der Waals surface area contributed by atoms with Crippen LogP contribution in [0, 0.1) is 0 Å². The summed E-state index contributed by atoms with van der Waals surface area (Å²) >= 11 is 0. The van der Waals surface area contributed by atoms with Crippen LogP contribution in [0.2, 0.25) is 0 Å². The molecule has 1 fully saturated rings. The average molecular weight is 251 g/mol. The van der Waals surface area contributed by atoms with Crippen molar-refractivity contribution >= 4 is 11.9 Å². The molecule has 0 bridgehead atoms. The number of esters is 1. The van der Waals surface area contributed by atoms with Gasteiger partial charge in [-0.15, -0.1) is 0 Å². The number of carbonyl (C=O) groups excluding carboxylic acids is 2. The Bertz CT molecular complexity index is 407. The van der Waals surface area contributed by atoms with E-state index >= 15 is 0 Å². The second-order valence-corrected chi connectivity index (χ2v) is 4.55. The summed E-state index contributed by atoms with van der Waals surface area (Å²) in [6.07, 6.45) is 6.21. The Kier molecular flexibility index (Phi) is 4.02. The van der Waals surface area contributed by atoms with Crippen molar-refractivity contribution < 1.29 is 18.7 Å². The van der Waals surface area contributed by atoms with Gasteiger partial charge in [-0.2, -0.15) is 0 Å². The summed E-state index contributed by atoms with van der Waals surface area (Å²) in [6, 6.07) is 1.73. The summed E-state index contributed by atoms with van der Waals surface area (Å²) in [7, 11) is 0. The molecule has 5 heteroatoms. The molecular weight excluding hydrogens is 234 g/mol. The third kappa shape index (κ3) is 3.12. The van der Waals surface area contributed by atoms with Gasteiger partial charge >= 0.3 is 5.97 Å².